The number of carbonyl (C=O) groups excluding carboxylic acids is 1. The number of nitrogens with zero attached hydrogens (tertiary/aromatic N) is 2. The first-order valence-electron chi connectivity index (χ1n) is 6.27. The molecule has 1 aromatic carbocycles. The highest BCUT2D eigenvalue weighted by Gasteiger charge is 2.17. The Bertz CT molecular complexity index is 674. The van der Waals surface area contributed by atoms with Gasteiger partial charge in [0.25, 0.3) is 5.91 Å². The van der Waals surface area contributed by atoms with Gasteiger partial charge in [0, 0.05) is 22.7 Å². The summed E-state index contributed by atoms with van der Waals surface area (Å²) in [7, 11) is 0. The molecule has 5 nitrogen and oxygen atoms in total. The number of carbonyl (C=O) groups is 1. The first-order valence-corrected chi connectivity index (χ1v) is 6.27. The third-order valence-electron chi connectivity index (χ3n) is 2.88. The Labute approximate surface area is 117 Å². The summed E-state index contributed by atoms with van der Waals surface area (Å²) < 4.78 is 0. The minimum absolute atomic E-state index is 0.0588. The molecular formula is C15H16N4O. The zero-order chi connectivity index (χ0) is 14.8. The maximum Gasteiger partial charge on any atom is 0.256 e. The van der Waals surface area contributed by atoms with E-state index in [1.165, 1.54) is 0 Å². The van der Waals surface area contributed by atoms with Crippen molar-refractivity contribution in [2.45, 2.75) is 26.2 Å². The van der Waals surface area contributed by atoms with Crippen LogP contribution in [0, 0.1) is 11.3 Å². The van der Waals surface area contributed by atoms with E-state index in [0.29, 0.717) is 16.9 Å². The third kappa shape index (κ3) is 3.04. The molecule has 0 radical (unpaired) electrons. The highest BCUT2D eigenvalue weighted by molar-refractivity contribution is 6.03. The van der Waals surface area contributed by atoms with E-state index in [2.05, 4.69) is 36.3 Å². The molecule has 0 atom stereocenters. The summed E-state index contributed by atoms with van der Waals surface area (Å²) >= 11 is 0. The summed E-state index contributed by atoms with van der Waals surface area (Å²) in [5.74, 6) is 0.191. The van der Waals surface area contributed by atoms with Crippen LogP contribution in [0.5, 0.6) is 0 Å². The van der Waals surface area contributed by atoms with Crippen molar-refractivity contribution >= 4 is 11.7 Å². The van der Waals surface area contributed by atoms with Crippen LogP contribution in [-0.4, -0.2) is 16.1 Å². The summed E-state index contributed by atoms with van der Waals surface area (Å²) in [6.07, 6.45) is 0. The van der Waals surface area contributed by atoms with Crippen LogP contribution in [0.2, 0.25) is 0 Å². The summed E-state index contributed by atoms with van der Waals surface area (Å²) in [6, 6.07) is 10.4. The van der Waals surface area contributed by atoms with Crippen LogP contribution < -0.4 is 5.32 Å². The number of nitriles is 1. The fourth-order valence-corrected chi connectivity index (χ4v) is 1.69. The maximum atomic E-state index is 12.1. The summed E-state index contributed by atoms with van der Waals surface area (Å²) in [5, 5.41) is 18.5. The third-order valence-corrected chi connectivity index (χ3v) is 2.88. The Kier molecular flexibility index (Phi) is 3.57. The van der Waals surface area contributed by atoms with Crippen molar-refractivity contribution in [1.82, 2.24) is 10.2 Å². The molecule has 20 heavy (non-hydrogen) atoms. The second kappa shape index (κ2) is 5.17. The van der Waals surface area contributed by atoms with Crippen LogP contribution in [-0.2, 0) is 5.41 Å². The molecule has 0 fully saturated rings. The van der Waals surface area contributed by atoms with Crippen molar-refractivity contribution < 1.29 is 4.79 Å². The first kappa shape index (κ1) is 13.8. The van der Waals surface area contributed by atoms with Gasteiger partial charge in [0.2, 0.25) is 0 Å². The molecular weight excluding hydrogens is 252 g/mol. The normalized spacial score (nSPS) is 10.9. The lowest BCUT2D eigenvalue weighted by molar-refractivity contribution is 0.102. The molecule has 0 saturated heterocycles. The molecule has 5 heteroatoms. The fourth-order valence-electron chi connectivity index (χ4n) is 1.69. The van der Waals surface area contributed by atoms with Crippen LogP contribution in [0.1, 0.15) is 42.4 Å². The second-order valence-electron chi connectivity index (χ2n) is 5.56. The van der Waals surface area contributed by atoms with Crippen molar-refractivity contribution in [1.29, 1.82) is 5.26 Å². The van der Waals surface area contributed by atoms with Gasteiger partial charge in [-0.15, -0.1) is 0 Å². The summed E-state index contributed by atoms with van der Waals surface area (Å²) in [6.45, 7) is 6.17. The predicted octanol–water partition coefficient (Wildman–Crippen LogP) is 2.83. The number of aromatic nitrogens is 2. The lowest BCUT2D eigenvalue weighted by atomic mass is 9.92. The van der Waals surface area contributed by atoms with E-state index in [0.717, 1.165) is 5.69 Å². The largest absolute Gasteiger partial charge is 0.305 e. The molecule has 2 aromatic rings. The Morgan fingerprint density at radius 2 is 2.10 bits per heavy atom. The van der Waals surface area contributed by atoms with Crippen LogP contribution in [0.3, 0.4) is 0 Å². The van der Waals surface area contributed by atoms with E-state index in [1.807, 2.05) is 12.1 Å². The number of rotatable bonds is 2. The number of nitrogens with one attached hydrogen (secondary N) is 2. The molecule has 0 spiro atoms. The quantitative estimate of drug-likeness (QED) is 0.878. The molecule has 0 bridgehead atoms. The number of amides is 1. The smallest absolute Gasteiger partial charge is 0.256 e. The molecule has 1 amide bonds. The standard InChI is InChI=1S/C15H16N4O/c1-15(2,3)12-8-13(19-18-12)17-14(20)11-6-4-5-10(7-11)9-16/h4-8H,1-3H3,(H2,17,18,19,20). The number of hydrogen-bond acceptors (Lipinski definition) is 3. The van der Waals surface area contributed by atoms with E-state index in [9.17, 15) is 4.79 Å². The molecule has 0 aliphatic heterocycles. The van der Waals surface area contributed by atoms with Gasteiger partial charge in [-0.3, -0.25) is 9.89 Å². The van der Waals surface area contributed by atoms with Crippen LogP contribution in [0.4, 0.5) is 5.82 Å². The van der Waals surface area contributed by atoms with Crippen molar-refractivity contribution in [2.75, 3.05) is 5.32 Å². The van der Waals surface area contributed by atoms with Crippen molar-refractivity contribution in [3.63, 3.8) is 0 Å². The second-order valence-corrected chi connectivity index (χ2v) is 5.56. The first-order chi connectivity index (χ1) is 9.40. The number of H-pyrrole nitrogens is 1. The van der Waals surface area contributed by atoms with Crippen molar-refractivity contribution in [3.05, 3.63) is 47.2 Å². The van der Waals surface area contributed by atoms with E-state index in [4.69, 9.17) is 5.26 Å². The van der Waals surface area contributed by atoms with Gasteiger partial charge in [-0.25, -0.2) is 0 Å². The average molecular weight is 268 g/mol. The van der Waals surface area contributed by atoms with Crippen LogP contribution >= 0.6 is 0 Å². The van der Waals surface area contributed by atoms with Gasteiger partial charge < -0.3 is 5.32 Å². The Balaban J connectivity index is 2.16. The maximum absolute atomic E-state index is 12.1. The highest BCUT2D eigenvalue weighted by Crippen LogP contribution is 2.22. The van der Waals surface area contributed by atoms with E-state index < -0.39 is 0 Å². The molecule has 2 rings (SSSR count). The summed E-state index contributed by atoms with van der Waals surface area (Å²) in [4.78, 5) is 12.1. The summed E-state index contributed by atoms with van der Waals surface area (Å²) in [5.41, 5.74) is 1.77. The van der Waals surface area contributed by atoms with Gasteiger partial charge in [-0.2, -0.15) is 10.4 Å². The zero-order valence-electron chi connectivity index (χ0n) is 11.7. The SMILES string of the molecule is CC(C)(C)c1cc(NC(=O)c2cccc(C#N)c2)n[nH]1. The Hall–Kier alpha value is -2.61. The van der Waals surface area contributed by atoms with Gasteiger partial charge in [0.1, 0.15) is 0 Å². The van der Waals surface area contributed by atoms with E-state index in [1.54, 1.807) is 24.3 Å². The molecule has 2 N–H and O–H groups in total. The molecule has 1 heterocycles. The molecule has 102 valence electrons. The van der Waals surface area contributed by atoms with Crippen LogP contribution in [0.15, 0.2) is 30.3 Å². The number of aromatic amines is 1. The van der Waals surface area contributed by atoms with Crippen LogP contribution in [0.25, 0.3) is 0 Å². The monoisotopic (exact) mass is 268 g/mol. The van der Waals surface area contributed by atoms with Gasteiger partial charge in [-0.05, 0) is 18.2 Å². The highest BCUT2D eigenvalue weighted by atomic mass is 16.1. The van der Waals surface area contributed by atoms with E-state index >= 15 is 0 Å². The van der Waals surface area contributed by atoms with Gasteiger partial charge in [-0.1, -0.05) is 26.8 Å². The minimum Gasteiger partial charge on any atom is -0.305 e. The van der Waals surface area contributed by atoms with Crippen molar-refractivity contribution in [3.8, 4) is 6.07 Å². The van der Waals surface area contributed by atoms with Gasteiger partial charge >= 0.3 is 0 Å². The zero-order valence-corrected chi connectivity index (χ0v) is 11.7. The number of hydrogen-bond donors (Lipinski definition) is 2. The fraction of sp³-hybridized carbons (Fsp3) is 0.267. The van der Waals surface area contributed by atoms with Crippen molar-refractivity contribution in [2.24, 2.45) is 0 Å². The van der Waals surface area contributed by atoms with Gasteiger partial charge in [0.15, 0.2) is 5.82 Å². The Morgan fingerprint density at radius 3 is 2.70 bits per heavy atom. The molecule has 0 unspecified atom stereocenters. The lowest BCUT2D eigenvalue weighted by Gasteiger charge is -2.14. The lowest BCUT2D eigenvalue weighted by Crippen LogP contribution is -2.12. The number of anilines is 1. The minimum atomic E-state index is -0.283. The topological polar surface area (TPSA) is 81.6 Å². The molecule has 0 saturated carbocycles. The van der Waals surface area contributed by atoms with Gasteiger partial charge in [0.05, 0.1) is 11.6 Å². The average Bonchev–Trinajstić information content (AvgIpc) is 2.87. The molecule has 1 aromatic heterocycles. The molecule has 0 aliphatic carbocycles. The number of benzene rings is 1. The van der Waals surface area contributed by atoms with E-state index in [-0.39, 0.29) is 11.3 Å². The molecule has 0 aliphatic rings. The Morgan fingerprint density at radius 1 is 1.35 bits per heavy atom. The predicted molar refractivity (Wildman–Crippen MR) is 76.4 cm³/mol.